The standard InChI is InChI=1S/C20H28N4O3S2/c1-20(2,3)15-6-8-17(9-7-15)29(26,27)23-14-18(25)22-13-16-5-4-11-24(16)19-21-10-12-28-19/h6-10,12,16,23H,4-5,11,13-14H2,1-3H3,(H,22,25)/t16-/m0/s1. The van der Waals surface area contributed by atoms with Crippen LogP contribution in [0.5, 0.6) is 0 Å². The summed E-state index contributed by atoms with van der Waals surface area (Å²) in [7, 11) is -3.73. The van der Waals surface area contributed by atoms with Gasteiger partial charge in [0.2, 0.25) is 15.9 Å². The zero-order chi connectivity index (χ0) is 21.1. The highest BCUT2D eigenvalue weighted by molar-refractivity contribution is 7.89. The number of hydrogen-bond donors (Lipinski definition) is 2. The van der Waals surface area contributed by atoms with Gasteiger partial charge in [0.1, 0.15) is 0 Å². The third-order valence-electron chi connectivity index (χ3n) is 5.03. The van der Waals surface area contributed by atoms with Crippen molar-refractivity contribution in [3.63, 3.8) is 0 Å². The number of nitrogens with one attached hydrogen (secondary N) is 2. The van der Waals surface area contributed by atoms with E-state index in [-0.39, 0.29) is 28.8 Å². The van der Waals surface area contributed by atoms with Crippen LogP contribution in [0.2, 0.25) is 0 Å². The van der Waals surface area contributed by atoms with Gasteiger partial charge >= 0.3 is 0 Å². The lowest BCUT2D eigenvalue weighted by Crippen LogP contribution is -2.43. The minimum absolute atomic E-state index is 0.0532. The van der Waals surface area contributed by atoms with Gasteiger partial charge in [-0.2, -0.15) is 0 Å². The maximum absolute atomic E-state index is 12.5. The molecule has 1 atom stereocenters. The molecule has 0 radical (unpaired) electrons. The highest BCUT2D eigenvalue weighted by atomic mass is 32.2. The van der Waals surface area contributed by atoms with Crippen LogP contribution in [0, 0.1) is 0 Å². The van der Waals surface area contributed by atoms with Crippen molar-refractivity contribution >= 4 is 32.4 Å². The summed E-state index contributed by atoms with van der Waals surface area (Å²) in [5.74, 6) is -0.342. The molecule has 158 valence electrons. The SMILES string of the molecule is CC(C)(C)c1ccc(S(=O)(=O)NCC(=O)NC[C@@H]2CCCN2c2nccs2)cc1. The summed E-state index contributed by atoms with van der Waals surface area (Å²) in [6.45, 7) is 7.32. The number of anilines is 1. The van der Waals surface area contributed by atoms with Crippen molar-refractivity contribution in [2.75, 3.05) is 24.5 Å². The molecule has 0 saturated carbocycles. The molecule has 29 heavy (non-hydrogen) atoms. The van der Waals surface area contributed by atoms with E-state index in [1.807, 2.05) is 17.5 Å². The molecule has 7 nitrogen and oxygen atoms in total. The molecule has 0 aliphatic carbocycles. The zero-order valence-electron chi connectivity index (χ0n) is 17.0. The van der Waals surface area contributed by atoms with Crippen molar-refractivity contribution in [1.82, 2.24) is 15.0 Å². The summed E-state index contributed by atoms with van der Waals surface area (Å²) in [5.41, 5.74) is 0.998. The number of benzene rings is 1. The Hall–Kier alpha value is -1.97. The van der Waals surface area contributed by atoms with Crippen molar-refractivity contribution in [3.05, 3.63) is 41.4 Å². The van der Waals surface area contributed by atoms with Crippen LogP contribution in [0.1, 0.15) is 39.2 Å². The van der Waals surface area contributed by atoms with Crippen LogP contribution in [-0.2, 0) is 20.2 Å². The van der Waals surface area contributed by atoms with E-state index in [1.165, 1.54) is 0 Å². The topological polar surface area (TPSA) is 91.4 Å². The first kappa shape index (κ1) is 21.7. The Labute approximate surface area is 176 Å². The lowest BCUT2D eigenvalue weighted by molar-refractivity contribution is -0.120. The van der Waals surface area contributed by atoms with E-state index in [0.717, 1.165) is 30.1 Å². The molecule has 1 saturated heterocycles. The first-order chi connectivity index (χ1) is 13.7. The van der Waals surface area contributed by atoms with E-state index in [4.69, 9.17) is 0 Å². The number of sulfonamides is 1. The van der Waals surface area contributed by atoms with E-state index in [1.54, 1.807) is 29.7 Å². The van der Waals surface area contributed by atoms with Crippen LogP contribution >= 0.6 is 11.3 Å². The van der Waals surface area contributed by atoms with Gasteiger partial charge in [-0.3, -0.25) is 4.79 Å². The van der Waals surface area contributed by atoms with Crippen molar-refractivity contribution in [1.29, 1.82) is 0 Å². The van der Waals surface area contributed by atoms with Crippen LogP contribution in [0.3, 0.4) is 0 Å². The minimum atomic E-state index is -3.73. The van der Waals surface area contributed by atoms with E-state index in [9.17, 15) is 13.2 Å². The molecule has 1 aromatic heterocycles. The summed E-state index contributed by atoms with van der Waals surface area (Å²) < 4.78 is 27.3. The highest BCUT2D eigenvalue weighted by Crippen LogP contribution is 2.26. The van der Waals surface area contributed by atoms with Crippen LogP contribution in [0.15, 0.2) is 40.7 Å². The Balaban J connectivity index is 1.51. The van der Waals surface area contributed by atoms with E-state index in [2.05, 4.69) is 40.7 Å². The number of rotatable bonds is 7. The molecule has 2 heterocycles. The number of amides is 1. The fourth-order valence-electron chi connectivity index (χ4n) is 3.33. The zero-order valence-corrected chi connectivity index (χ0v) is 18.6. The number of hydrogen-bond acceptors (Lipinski definition) is 6. The second-order valence-corrected chi connectivity index (χ2v) is 10.8. The molecular formula is C20H28N4O3S2. The van der Waals surface area contributed by atoms with Crippen LogP contribution in [-0.4, -0.2) is 45.0 Å². The largest absolute Gasteiger partial charge is 0.353 e. The Kier molecular flexibility index (Phi) is 6.60. The fraction of sp³-hybridized carbons (Fsp3) is 0.500. The number of thiazole rings is 1. The number of carbonyl (C=O) groups is 1. The molecule has 1 fully saturated rings. The molecule has 9 heteroatoms. The van der Waals surface area contributed by atoms with E-state index < -0.39 is 10.0 Å². The summed E-state index contributed by atoms with van der Waals surface area (Å²) in [6.07, 6.45) is 3.81. The van der Waals surface area contributed by atoms with Gasteiger partial charge in [0, 0.05) is 30.7 Å². The Morgan fingerprint density at radius 3 is 2.62 bits per heavy atom. The van der Waals surface area contributed by atoms with Crippen molar-refractivity contribution in [2.24, 2.45) is 0 Å². The summed E-state index contributed by atoms with van der Waals surface area (Å²) in [6, 6.07) is 6.95. The lowest BCUT2D eigenvalue weighted by atomic mass is 9.87. The minimum Gasteiger partial charge on any atom is -0.353 e. The van der Waals surface area contributed by atoms with Gasteiger partial charge < -0.3 is 10.2 Å². The average molecular weight is 437 g/mol. The predicted octanol–water partition coefficient (Wildman–Crippen LogP) is 2.50. The van der Waals surface area contributed by atoms with E-state index >= 15 is 0 Å². The van der Waals surface area contributed by atoms with Crippen molar-refractivity contribution in [2.45, 2.75) is 50.0 Å². The molecule has 3 rings (SSSR count). The summed E-state index contributed by atoms with van der Waals surface area (Å²) in [4.78, 5) is 18.9. The van der Waals surface area contributed by atoms with Crippen LogP contribution < -0.4 is 14.9 Å². The molecular weight excluding hydrogens is 408 g/mol. The van der Waals surface area contributed by atoms with Gasteiger partial charge in [-0.15, -0.1) is 11.3 Å². The number of nitrogens with zero attached hydrogens (tertiary/aromatic N) is 2. The van der Waals surface area contributed by atoms with Crippen molar-refractivity contribution in [3.8, 4) is 0 Å². The third kappa shape index (κ3) is 5.55. The molecule has 1 aliphatic rings. The van der Waals surface area contributed by atoms with Gasteiger partial charge in [-0.05, 0) is 36.0 Å². The van der Waals surface area contributed by atoms with Crippen LogP contribution in [0.4, 0.5) is 5.13 Å². The Morgan fingerprint density at radius 2 is 2.00 bits per heavy atom. The Morgan fingerprint density at radius 1 is 1.28 bits per heavy atom. The quantitative estimate of drug-likeness (QED) is 0.696. The fourth-order valence-corrected chi connectivity index (χ4v) is 5.05. The highest BCUT2D eigenvalue weighted by Gasteiger charge is 2.26. The maximum Gasteiger partial charge on any atom is 0.241 e. The molecule has 2 aromatic rings. The summed E-state index contributed by atoms with van der Waals surface area (Å²) in [5, 5.41) is 5.73. The molecule has 1 amide bonds. The molecule has 0 spiro atoms. The lowest BCUT2D eigenvalue weighted by Gasteiger charge is -2.24. The first-order valence-corrected chi connectivity index (χ1v) is 12.1. The Bertz CT molecular complexity index is 920. The van der Waals surface area contributed by atoms with Gasteiger partial charge in [0.25, 0.3) is 0 Å². The maximum atomic E-state index is 12.5. The smallest absolute Gasteiger partial charge is 0.241 e. The predicted molar refractivity (Wildman–Crippen MR) is 116 cm³/mol. The number of aromatic nitrogens is 1. The summed E-state index contributed by atoms with van der Waals surface area (Å²) >= 11 is 1.58. The van der Waals surface area contributed by atoms with Gasteiger partial charge in [-0.25, -0.2) is 18.1 Å². The molecule has 0 unspecified atom stereocenters. The molecule has 1 aliphatic heterocycles. The second kappa shape index (κ2) is 8.81. The van der Waals surface area contributed by atoms with Crippen LogP contribution in [0.25, 0.3) is 0 Å². The normalized spacial score (nSPS) is 17.5. The van der Waals surface area contributed by atoms with Gasteiger partial charge in [0.15, 0.2) is 5.13 Å². The molecule has 1 aromatic carbocycles. The number of carbonyl (C=O) groups excluding carboxylic acids is 1. The average Bonchev–Trinajstić information content (AvgIpc) is 3.35. The molecule has 0 bridgehead atoms. The van der Waals surface area contributed by atoms with Gasteiger partial charge in [0.05, 0.1) is 11.4 Å². The first-order valence-electron chi connectivity index (χ1n) is 9.70. The molecule has 2 N–H and O–H groups in total. The van der Waals surface area contributed by atoms with Crippen molar-refractivity contribution < 1.29 is 13.2 Å². The van der Waals surface area contributed by atoms with Gasteiger partial charge in [-0.1, -0.05) is 32.9 Å². The monoisotopic (exact) mass is 436 g/mol. The second-order valence-electron chi connectivity index (χ2n) is 8.21. The third-order valence-corrected chi connectivity index (χ3v) is 7.26. The van der Waals surface area contributed by atoms with E-state index in [0.29, 0.717) is 6.54 Å².